The molecule has 0 radical (unpaired) electrons. The lowest BCUT2D eigenvalue weighted by atomic mass is 10.1. The first-order valence-corrected chi connectivity index (χ1v) is 9.03. The van der Waals surface area contributed by atoms with E-state index in [2.05, 4.69) is 20.9 Å². The molecule has 0 bridgehead atoms. The predicted molar refractivity (Wildman–Crippen MR) is 122 cm³/mol. The molecule has 5 nitrogen and oxygen atoms in total. The van der Waals surface area contributed by atoms with E-state index in [9.17, 15) is 9.18 Å². The van der Waals surface area contributed by atoms with Crippen molar-refractivity contribution in [2.24, 2.45) is 4.99 Å². The van der Waals surface area contributed by atoms with Crippen molar-refractivity contribution in [3.8, 4) is 0 Å². The van der Waals surface area contributed by atoms with Gasteiger partial charge in [-0.3, -0.25) is 9.79 Å². The second-order valence-corrected chi connectivity index (χ2v) is 6.39. The zero-order valence-corrected chi connectivity index (χ0v) is 18.8. The molecule has 0 aliphatic heterocycles. The number of carbonyl (C=O) groups excluding carboxylic acids is 1. The molecule has 0 heterocycles. The van der Waals surface area contributed by atoms with Crippen molar-refractivity contribution in [2.45, 2.75) is 32.9 Å². The van der Waals surface area contributed by atoms with Gasteiger partial charge in [0.1, 0.15) is 5.82 Å². The van der Waals surface area contributed by atoms with E-state index in [0.29, 0.717) is 31.0 Å². The van der Waals surface area contributed by atoms with Gasteiger partial charge in [-0.05, 0) is 36.6 Å². The predicted octanol–water partition coefficient (Wildman–Crippen LogP) is 3.68. The first-order valence-electron chi connectivity index (χ1n) is 9.03. The average Bonchev–Trinajstić information content (AvgIpc) is 2.68. The van der Waals surface area contributed by atoms with Crippen molar-refractivity contribution < 1.29 is 9.18 Å². The zero-order valence-electron chi connectivity index (χ0n) is 16.5. The molecule has 0 saturated carbocycles. The van der Waals surface area contributed by atoms with Crippen LogP contribution >= 0.6 is 24.0 Å². The molecule has 0 fully saturated rings. The summed E-state index contributed by atoms with van der Waals surface area (Å²) in [6, 6.07) is 14.8. The van der Waals surface area contributed by atoms with Crippen molar-refractivity contribution in [2.75, 3.05) is 13.6 Å². The zero-order chi connectivity index (χ0) is 19.6. The Morgan fingerprint density at radius 1 is 1.14 bits per heavy atom. The number of halogens is 2. The number of benzene rings is 2. The van der Waals surface area contributed by atoms with E-state index in [1.807, 2.05) is 43.3 Å². The minimum absolute atomic E-state index is 0. The molecule has 1 unspecified atom stereocenters. The van der Waals surface area contributed by atoms with E-state index >= 15 is 0 Å². The van der Waals surface area contributed by atoms with E-state index < -0.39 is 0 Å². The van der Waals surface area contributed by atoms with Gasteiger partial charge >= 0.3 is 0 Å². The molecule has 28 heavy (non-hydrogen) atoms. The van der Waals surface area contributed by atoms with Crippen LogP contribution in [0.15, 0.2) is 53.5 Å². The summed E-state index contributed by atoms with van der Waals surface area (Å²) in [4.78, 5) is 16.1. The maximum absolute atomic E-state index is 13.7. The summed E-state index contributed by atoms with van der Waals surface area (Å²) in [5.41, 5.74) is 2.52. The Morgan fingerprint density at radius 2 is 1.86 bits per heavy atom. The number of hydrogen-bond donors (Lipinski definition) is 3. The molecule has 7 heteroatoms. The number of aliphatic imine (C=N–C) groups is 1. The lowest BCUT2D eigenvalue weighted by Crippen LogP contribution is -2.40. The van der Waals surface area contributed by atoms with Gasteiger partial charge in [-0.25, -0.2) is 4.39 Å². The van der Waals surface area contributed by atoms with Gasteiger partial charge in [0.05, 0.1) is 6.04 Å². The van der Waals surface area contributed by atoms with Crippen molar-refractivity contribution in [3.63, 3.8) is 0 Å². The molecule has 152 valence electrons. The number of guanidine groups is 1. The SMILES string of the molecule is CN=C(NCCC(=O)NCc1ccccc1)NC(C)c1ccc(C)c(F)c1.I. The van der Waals surface area contributed by atoms with Crippen LogP contribution in [-0.2, 0) is 11.3 Å². The lowest BCUT2D eigenvalue weighted by Gasteiger charge is -2.18. The van der Waals surface area contributed by atoms with E-state index in [0.717, 1.165) is 11.1 Å². The molecule has 2 aromatic carbocycles. The number of aryl methyl sites for hydroxylation is 1. The van der Waals surface area contributed by atoms with Crippen molar-refractivity contribution in [3.05, 3.63) is 71.0 Å². The molecule has 2 rings (SSSR count). The Kier molecular flexibility index (Phi) is 10.5. The van der Waals surface area contributed by atoms with Gasteiger partial charge in [0.2, 0.25) is 5.91 Å². The summed E-state index contributed by atoms with van der Waals surface area (Å²) in [6.07, 6.45) is 0.334. The van der Waals surface area contributed by atoms with Crippen LogP contribution in [0.4, 0.5) is 4.39 Å². The summed E-state index contributed by atoms with van der Waals surface area (Å²) in [7, 11) is 1.66. The molecule has 0 spiro atoms. The minimum atomic E-state index is -0.223. The summed E-state index contributed by atoms with van der Waals surface area (Å²) in [5, 5.41) is 9.20. The Morgan fingerprint density at radius 3 is 2.50 bits per heavy atom. The highest BCUT2D eigenvalue weighted by Crippen LogP contribution is 2.16. The molecule has 1 amide bonds. The quantitative estimate of drug-likeness (QED) is 0.310. The average molecular weight is 498 g/mol. The fraction of sp³-hybridized carbons (Fsp3) is 0.333. The van der Waals surface area contributed by atoms with Crippen LogP contribution in [0.3, 0.4) is 0 Å². The van der Waals surface area contributed by atoms with Crippen LogP contribution in [0, 0.1) is 12.7 Å². The molecular formula is C21H28FIN4O. The molecule has 0 saturated heterocycles. The highest BCUT2D eigenvalue weighted by atomic mass is 127. The highest BCUT2D eigenvalue weighted by molar-refractivity contribution is 14.0. The normalized spacial score (nSPS) is 11.9. The summed E-state index contributed by atoms with van der Waals surface area (Å²) in [5.74, 6) is 0.314. The van der Waals surface area contributed by atoms with Gasteiger partial charge in [-0.15, -0.1) is 24.0 Å². The number of carbonyl (C=O) groups is 1. The van der Waals surface area contributed by atoms with E-state index in [1.54, 1.807) is 20.0 Å². The van der Waals surface area contributed by atoms with Crippen molar-refractivity contribution in [1.29, 1.82) is 0 Å². The Labute approximate surface area is 183 Å². The van der Waals surface area contributed by atoms with Crippen LogP contribution in [-0.4, -0.2) is 25.5 Å². The van der Waals surface area contributed by atoms with E-state index in [1.165, 1.54) is 6.07 Å². The smallest absolute Gasteiger partial charge is 0.222 e. The number of nitrogens with zero attached hydrogens (tertiary/aromatic N) is 1. The van der Waals surface area contributed by atoms with Gasteiger partial charge in [0.15, 0.2) is 5.96 Å². The minimum Gasteiger partial charge on any atom is -0.356 e. The van der Waals surface area contributed by atoms with Gasteiger partial charge in [0, 0.05) is 26.6 Å². The largest absolute Gasteiger partial charge is 0.356 e. The molecule has 0 aliphatic rings. The third kappa shape index (κ3) is 7.84. The number of rotatable bonds is 7. The van der Waals surface area contributed by atoms with Gasteiger partial charge in [0.25, 0.3) is 0 Å². The Balaban J connectivity index is 0.00000392. The Bertz CT molecular complexity index is 783. The maximum Gasteiger partial charge on any atom is 0.222 e. The lowest BCUT2D eigenvalue weighted by molar-refractivity contribution is -0.121. The third-order valence-corrected chi connectivity index (χ3v) is 4.25. The highest BCUT2D eigenvalue weighted by Gasteiger charge is 2.10. The van der Waals surface area contributed by atoms with Crippen LogP contribution < -0.4 is 16.0 Å². The second kappa shape index (κ2) is 12.3. The topological polar surface area (TPSA) is 65.5 Å². The molecule has 2 aromatic rings. The molecule has 0 aromatic heterocycles. The van der Waals surface area contributed by atoms with E-state index in [4.69, 9.17) is 0 Å². The van der Waals surface area contributed by atoms with Crippen molar-refractivity contribution in [1.82, 2.24) is 16.0 Å². The first kappa shape index (κ1) is 23.9. The third-order valence-electron chi connectivity index (χ3n) is 4.25. The number of amides is 1. The van der Waals surface area contributed by atoms with Gasteiger partial charge in [-0.1, -0.05) is 42.5 Å². The summed E-state index contributed by atoms with van der Waals surface area (Å²) >= 11 is 0. The standard InChI is InChI=1S/C21H27FN4O.HI/c1-15-9-10-18(13-19(15)22)16(2)26-21(23-3)24-12-11-20(27)25-14-17-7-5-4-6-8-17;/h4-10,13,16H,11-12,14H2,1-3H3,(H,25,27)(H2,23,24,26);1H. The first-order chi connectivity index (χ1) is 13.0. The molecule has 1 atom stereocenters. The van der Waals surface area contributed by atoms with E-state index in [-0.39, 0.29) is 41.7 Å². The molecule has 0 aliphatic carbocycles. The van der Waals surface area contributed by atoms with Crippen molar-refractivity contribution >= 4 is 35.8 Å². The number of hydrogen-bond acceptors (Lipinski definition) is 2. The Hall–Kier alpha value is -2.16. The molecular weight excluding hydrogens is 470 g/mol. The maximum atomic E-state index is 13.7. The fourth-order valence-corrected chi connectivity index (χ4v) is 2.54. The summed E-state index contributed by atoms with van der Waals surface area (Å²) < 4.78 is 13.7. The second-order valence-electron chi connectivity index (χ2n) is 6.39. The van der Waals surface area contributed by atoms with Crippen LogP contribution in [0.5, 0.6) is 0 Å². The summed E-state index contributed by atoms with van der Waals surface area (Å²) in [6.45, 7) is 4.64. The monoisotopic (exact) mass is 498 g/mol. The van der Waals surface area contributed by atoms with Crippen LogP contribution in [0.25, 0.3) is 0 Å². The number of nitrogens with one attached hydrogen (secondary N) is 3. The van der Waals surface area contributed by atoms with Crippen LogP contribution in [0.2, 0.25) is 0 Å². The fourth-order valence-electron chi connectivity index (χ4n) is 2.54. The molecule has 3 N–H and O–H groups in total. The van der Waals surface area contributed by atoms with Gasteiger partial charge in [-0.2, -0.15) is 0 Å². The van der Waals surface area contributed by atoms with Gasteiger partial charge < -0.3 is 16.0 Å². The van der Waals surface area contributed by atoms with Crippen LogP contribution in [0.1, 0.15) is 36.1 Å².